The molecule has 4 N–H and O–H groups in total. The molecule has 1 aromatic carbocycles. The van der Waals surface area contributed by atoms with E-state index >= 15 is 0 Å². The number of halogens is 1. The Morgan fingerprint density at radius 2 is 2.17 bits per heavy atom. The van der Waals surface area contributed by atoms with Gasteiger partial charge in [0.25, 0.3) is 0 Å². The van der Waals surface area contributed by atoms with Crippen molar-refractivity contribution < 1.29 is 9.84 Å². The second-order valence-corrected chi connectivity index (χ2v) is 8.51. The number of aliphatic hydroxyl groups is 1. The number of anilines is 2. The first-order valence-electron chi connectivity index (χ1n) is 9.88. The zero-order chi connectivity index (χ0) is 20.6. The normalized spacial score (nSPS) is 20.9. The molecule has 154 valence electrons. The monoisotopic (exact) mass is 415 g/mol. The fourth-order valence-corrected chi connectivity index (χ4v) is 4.74. The van der Waals surface area contributed by atoms with E-state index in [1.54, 1.807) is 18.3 Å². The van der Waals surface area contributed by atoms with Crippen LogP contribution in [-0.2, 0) is 11.3 Å². The van der Waals surface area contributed by atoms with E-state index in [1.807, 2.05) is 0 Å². The minimum absolute atomic E-state index is 0.195. The van der Waals surface area contributed by atoms with Crippen molar-refractivity contribution in [3.05, 3.63) is 34.6 Å². The number of nitrogens with one attached hydrogen (secondary N) is 1. The zero-order valence-electron chi connectivity index (χ0n) is 16.5. The Hall–Kier alpha value is -2.22. The summed E-state index contributed by atoms with van der Waals surface area (Å²) in [7, 11) is 0. The van der Waals surface area contributed by atoms with Gasteiger partial charge in [-0.2, -0.15) is 0 Å². The lowest BCUT2D eigenvalue weighted by Crippen LogP contribution is -2.41. The van der Waals surface area contributed by atoms with E-state index in [-0.39, 0.29) is 12.0 Å². The molecule has 29 heavy (non-hydrogen) atoms. The van der Waals surface area contributed by atoms with Crippen LogP contribution in [0.15, 0.2) is 18.3 Å². The first-order valence-corrected chi connectivity index (χ1v) is 10.3. The second-order valence-electron chi connectivity index (χ2n) is 8.10. The molecule has 1 spiro atoms. The highest BCUT2D eigenvalue weighted by molar-refractivity contribution is 6.34. The molecule has 2 aliphatic heterocycles. The molecule has 2 fully saturated rings. The summed E-state index contributed by atoms with van der Waals surface area (Å²) in [4.78, 5) is 11.5. The molecule has 3 heterocycles. The molecular weight excluding hydrogens is 390 g/mol. The quantitative estimate of drug-likeness (QED) is 0.522. The van der Waals surface area contributed by atoms with Gasteiger partial charge in [0, 0.05) is 36.1 Å². The number of nitrogen functional groups attached to an aromatic ring is 1. The van der Waals surface area contributed by atoms with Gasteiger partial charge in [-0.25, -0.2) is 9.97 Å². The largest absolute Gasteiger partial charge is 0.398 e. The predicted molar refractivity (Wildman–Crippen MR) is 115 cm³/mol. The highest BCUT2D eigenvalue weighted by atomic mass is 35.5. The van der Waals surface area contributed by atoms with Crippen LogP contribution in [0.25, 0.3) is 11.3 Å². The lowest BCUT2D eigenvalue weighted by molar-refractivity contribution is 0.0975. The lowest BCUT2D eigenvalue weighted by atomic mass is 9.77. The summed E-state index contributed by atoms with van der Waals surface area (Å²) >= 11 is 6.23. The number of ether oxygens (including phenoxy) is 1. The van der Waals surface area contributed by atoms with Crippen molar-refractivity contribution in [1.82, 2.24) is 9.97 Å². The molecule has 1 aromatic heterocycles. The summed E-state index contributed by atoms with van der Waals surface area (Å²) < 4.78 is 5.81. The van der Waals surface area contributed by atoms with E-state index in [4.69, 9.17) is 27.5 Å². The molecule has 8 heteroatoms. The molecule has 4 rings (SSSR count). The summed E-state index contributed by atoms with van der Waals surface area (Å²) in [6.07, 6.45) is 6.40. The SMILES string of the molecule is C[C@H]1CC2(CCN(c3ncc(-c4cc(N)c(C=N)c(Cl)c4)nc3CO)CC2)CO1. The van der Waals surface area contributed by atoms with Crippen LogP contribution in [0.3, 0.4) is 0 Å². The number of hydrogen-bond donors (Lipinski definition) is 3. The summed E-state index contributed by atoms with van der Waals surface area (Å²) in [6.45, 7) is 4.55. The van der Waals surface area contributed by atoms with Crippen molar-refractivity contribution in [2.45, 2.75) is 38.9 Å². The first-order chi connectivity index (χ1) is 13.9. The average Bonchev–Trinajstić information content (AvgIpc) is 3.08. The molecule has 0 radical (unpaired) electrons. The molecule has 7 nitrogen and oxygen atoms in total. The summed E-state index contributed by atoms with van der Waals surface area (Å²) in [5.74, 6) is 0.730. The Morgan fingerprint density at radius 1 is 1.41 bits per heavy atom. The van der Waals surface area contributed by atoms with Gasteiger partial charge in [-0.05, 0) is 43.7 Å². The van der Waals surface area contributed by atoms with Gasteiger partial charge in [0.1, 0.15) is 5.69 Å². The minimum atomic E-state index is -0.195. The molecule has 0 amide bonds. The number of piperidine rings is 1. The Morgan fingerprint density at radius 3 is 2.76 bits per heavy atom. The smallest absolute Gasteiger partial charge is 0.152 e. The maximum Gasteiger partial charge on any atom is 0.152 e. The number of nitrogens with zero attached hydrogens (tertiary/aromatic N) is 3. The molecule has 0 unspecified atom stereocenters. The van der Waals surface area contributed by atoms with E-state index in [0.29, 0.717) is 39.3 Å². The van der Waals surface area contributed by atoms with Crippen LogP contribution in [0.5, 0.6) is 0 Å². The van der Waals surface area contributed by atoms with E-state index < -0.39 is 0 Å². The van der Waals surface area contributed by atoms with Crippen molar-refractivity contribution in [1.29, 1.82) is 5.41 Å². The van der Waals surface area contributed by atoms with Gasteiger partial charge in [0.05, 0.1) is 36.2 Å². The van der Waals surface area contributed by atoms with E-state index in [9.17, 15) is 5.11 Å². The second kappa shape index (κ2) is 7.89. The van der Waals surface area contributed by atoms with Crippen LogP contribution in [-0.4, -0.2) is 47.1 Å². The molecular formula is C21H26ClN5O2. The summed E-state index contributed by atoms with van der Waals surface area (Å²) in [5, 5.41) is 17.7. The van der Waals surface area contributed by atoms with Crippen LogP contribution in [0.1, 0.15) is 37.4 Å². The van der Waals surface area contributed by atoms with Gasteiger partial charge in [0.2, 0.25) is 0 Å². The van der Waals surface area contributed by atoms with Gasteiger partial charge in [0.15, 0.2) is 5.82 Å². The molecule has 0 saturated carbocycles. The Labute approximate surface area is 175 Å². The third-order valence-corrected chi connectivity index (χ3v) is 6.40. The Bertz CT molecular complexity index is 904. The van der Waals surface area contributed by atoms with E-state index in [1.165, 1.54) is 0 Å². The number of nitrogens with two attached hydrogens (primary N) is 1. The van der Waals surface area contributed by atoms with Crippen LogP contribution < -0.4 is 10.6 Å². The summed E-state index contributed by atoms with van der Waals surface area (Å²) in [5.41, 5.74) is 9.02. The fourth-order valence-electron chi connectivity index (χ4n) is 4.46. The molecule has 0 aliphatic carbocycles. The fraction of sp³-hybridized carbons (Fsp3) is 0.476. The van der Waals surface area contributed by atoms with Crippen LogP contribution >= 0.6 is 11.6 Å². The van der Waals surface area contributed by atoms with Crippen molar-refractivity contribution in [2.24, 2.45) is 5.41 Å². The maximum absolute atomic E-state index is 9.92. The highest BCUT2D eigenvalue weighted by Gasteiger charge is 2.41. The van der Waals surface area contributed by atoms with Crippen LogP contribution in [0.2, 0.25) is 5.02 Å². The van der Waals surface area contributed by atoms with Gasteiger partial charge < -0.3 is 25.9 Å². The molecule has 0 bridgehead atoms. The first kappa shape index (κ1) is 20.1. The number of benzene rings is 1. The van der Waals surface area contributed by atoms with E-state index in [2.05, 4.69) is 21.8 Å². The zero-order valence-corrected chi connectivity index (χ0v) is 17.2. The predicted octanol–water partition coefficient (Wildman–Crippen LogP) is 3.26. The van der Waals surface area contributed by atoms with Crippen LogP contribution in [0, 0.1) is 10.8 Å². The van der Waals surface area contributed by atoms with Crippen molar-refractivity contribution in [2.75, 3.05) is 30.3 Å². The van der Waals surface area contributed by atoms with Gasteiger partial charge in [-0.3, -0.25) is 0 Å². The highest BCUT2D eigenvalue weighted by Crippen LogP contribution is 2.42. The average molecular weight is 416 g/mol. The van der Waals surface area contributed by atoms with Gasteiger partial charge in [-0.15, -0.1) is 0 Å². The van der Waals surface area contributed by atoms with E-state index in [0.717, 1.165) is 51.0 Å². The standard InChI is InChI=1S/C21H26ClN5O2/c1-13-8-21(12-29-13)2-4-27(5-3-21)20-19(11-28)26-18(10-25-20)14-6-16(22)15(9-23)17(24)7-14/h6-7,9-10,13,23,28H,2-5,8,11-12,24H2,1H3/t13-/m0/s1. The van der Waals surface area contributed by atoms with Crippen molar-refractivity contribution in [3.8, 4) is 11.3 Å². The number of aliphatic hydroxyl groups excluding tert-OH is 1. The van der Waals surface area contributed by atoms with Crippen molar-refractivity contribution in [3.63, 3.8) is 0 Å². The van der Waals surface area contributed by atoms with Gasteiger partial charge >= 0.3 is 0 Å². The summed E-state index contributed by atoms with van der Waals surface area (Å²) in [6, 6.07) is 3.44. The Balaban J connectivity index is 1.57. The number of aromatic nitrogens is 2. The van der Waals surface area contributed by atoms with Crippen LogP contribution in [0.4, 0.5) is 11.5 Å². The number of hydrogen-bond acceptors (Lipinski definition) is 7. The third-order valence-electron chi connectivity index (χ3n) is 6.09. The van der Waals surface area contributed by atoms with Crippen molar-refractivity contribution >= 4 is 29.3 Å². The topological polar surface area (TPSA) is 108 Å². The molecule has 2 aromatic rings. The lowest BCUT2D eigenvalue weighted by Gasteiger charge is -2.39. The number of rotatable bonds is 4. The minimum Gasteiger partial charge on any atom is -0.398 e. The molecule has 1 atom stereocenters. The molecule has 2 aliphatic rings. The third kappa shape index (κ3) is 3.82. The Kier molecular flexibility index (Phi) is 5.46. The molecule has 2 saturated heterocycles. The maximum atomic E-state index is 9.92. The van der Waals surface area contributed by atoms with Gasteiger partial charge in [-0.1, -0.05) is 11.6 Å².